The van der Waals surface area contributed by atoms with Gasteiger partial charge in [-0.3, -0.25) is 4.79 Å². The Balaban J connectivity index is 1.95. The average molecular weight is 313 g/mol. The van der Waals surface area contributed by atoms with Crippen LogP contribution < -0.4 is 5.32 Å². The Morgan fingerprint density at radius 3 is 2.89 bits per heavy atom. The molecular formula is C12H15N3OS3. The van der Waals surface area contributed by atoms with Crippen LogP contribution in [0.2, 0.25) is 0 Å². The second-order valence-electron chi connectivity index (χ2n) is 3.89. The molecule has 2 rings (SSSR count). The summed E-state index contributed by atoms with van der Waals surface area (Å²) >= 11 is 4.83. The topological polar surface area (TPSA) is 54.9 Å². The van der Waals surface area contributed by atoms with Crippen molar-refractivity contribution in [3.63, 3.8) is 0 Å². The summed E-state index contributed by atoms with van der Waals surface area (Å²) in [5.74, 6) is 0.955. The molecule has 0 saturated heterocycles. The molecule has 0 aromatic carbocycles. The van der Waals surface area contributed by atoms with Crippen molar-refractivity contribution in [2.24, 2.45) is 0 Å². The Hall–Kier alpha value is -0.920. The molecule has 0 fully saturated rings. The van der Waals surface area contributed by atoms with Crippen LogP contribution in [0.4, 0.5) is 0 Å². The highest BCUT2D eigenvalue weighted by atomic mass is 32.2. The molecule has 0 aliphatic carbocycles. The van der Waals surface area contributed by atoms with E-state index in [1.54, 1.807) is 28.5 Å². The normalized spacial score (nSPS) is 10.6. The van der Waals surface area contributed by atoms with Gasteiger partial charge in [-0.15, -0.1) is 22.7 Å². The summed E-state index contributed by atoms with van der Waals surface area (Å²) in [5.41, 5.74) is 1.34. The zero-order valence-electron chi connectivity index (χ0n) is 10.8. The first kappa shape index (κ1) is 14.5. The van der Waals surface area contributed by atoms with E-state index in [1.807, 2.05) is 12.3 Å². The first-order chi connectivity index (χ1) is 9.20. The van der Waals surface area contributed by atoms with Crippen LogP contribution in [0.3, 0.4) is 0 Å². The van der Waals surface area contributed by atoms with Crippen LogP contribution in [-0.2, 0) is 0 Å². The molecule has 7 heteroatoms. The van der Waals surface area contributed by atoms with E-state index in [-0.39, 0.29) is 5.91 Å². The predicted octanol–water partition coefficient (Wildman–Crippen LogP) is 3.06. The third kappa shape index (κ3) is 4.02. The van der Waals surface area contributed by atoms with E-state index < -0.39 is 0 Å². The Bertz CT molecular complexity index is 550. The monoisotopic (exact) mass is 313 g/mol. The number of hydrogen-bond donors (Lipinski definition) is 1. The van der Waals surface area contributed by atoms with Gasteiger partial charge in [-0.1, -0.05) is 0 Å². The van der Waals surface area contributed by atoms with E-state index in [0.29, 0.717) is 12.2 Å². The molecule has 0 saturated carbocycles. The van der Waals surface area contributed by atoms with Gasteiger partial charge in [0.15, 0.2) is 0 Å². The van der Waals surface area contributed by atoms with Crippen LogP contribution in [0.25, 0.3) is 10.7 Å². The highest BCUT2D eigenvalue weighted by molar-refractivity contribution is 7.98. The summed E-state index contributed by atoms with van der Waals surface area (Å²) < 4.78 is 0. The highest BCUT2D eigenvalue weighted by Crippen LogP contribution is 2.24. The fourth-order valence-corrected chi connectivity index (χ4v) is 3.33. The molecule has 1 amide bonds. The first-order valence-corrected chi connectivity index (χ1v) is 9.01. The minimum Gasteiger partial charge on any atom is -0.351 e. The van der Waals surface area contributed by atoms with Gasteiger partial charge in [0, 0.05) is 17.3 Å². The second kappa shape index (κ2) is 7.02. The van der Waals surface area contributed by atoms with Crippen LogP contribution in [0.5, 0.6) is 0 Å². The lowest BCUT2D eigenvalue weighted by molar-refractivity contribution is 0.0949. The molecule has 4 nitrogen and oxygen atoms in total. The quantitative estimate of drug-likeness (QED) is 0.833. The van der Waals surface area contributed by atoms with Crippen LogP contribution >= 0.6 is 34.4 Å². The van der Waals surface area contributed by atoms with Crippen molar-refractivity contribution in [2.75, 3.05) is 18.6 Å². The molecule has 0 bridgehead atoms. The first-order valence-electron chi connectivity index (χ1n) is 5.86. The summed E-state index contributed by atoms with van der Waals surface area (Å²) in [6.45, 7) is 2.66. The largest absolute Gasteiger partial charge is 0.351 e. The number of nitrogens with one attached hydrogen (secondary N) is 1. The summed E-state index contributed by atoms with van der Waals surface area (Å²) in [6.07, 6.45) is 3.04. The van der Waals surface area contributed by atoms with E-state index in [0.717, 1.165) is 27.9 Å². The zero-order chi connectivity index (χ0) is 13.7. The van der Waals surface area contributed by atoms with E-state index in [9.17, 15) is 4.79 Å². The van der Waals surface area contributed by atoms with Crippen molar-refractivity contribution in [1.82, 2.24) is 15.3 Å². The van der Waals surface area contributed by atoms with Gasteiger partial charge < -0.3 is 5.32 Å². The van der Waals surface area contributed by atoms with Gasteiger partial charge in [0.1, 0.15) is 16.4 Å². The fraction of sp³-hybridized carbons (Fsp3) is 0.417. The molecule has 2 aromatic rings. The van der Waals surface area contributed by atoms with E-state index in [1.165, 1.54) is 11.3 Å². The number of amides is 1. The highest BCUT2D eigenvalue weighted by Gasteiger charge is 2.12. The smallest absolute Gasteiger partial charge is 0.270 e. The van der Waals surface area contributed by atoms with E-state index in [4.69, 9.17) is 0 Å². The molecule has 0 aliphatic heterocycles. The van der Waals surface area contributed by atoms with Crippen LogP contribution in [0.15, 0.2) is 10.8 Å². The maximum atomic E-state index is 11.9. The Kier molecular flexibility index (Phi) is 5.35. The van der Waals surface area contributed by atoms with Gasteiger partial charge in [-0.2, -0.15) is 11.8 Å². The number of carbonyl (C=O) groups is 1. The third-order valence-corrected chi connectivity index (χ3v) is 4.72. The van der Waals surface area contributed by atoms with Crippen LogP contribution in [-0.4, -0.2) is 34.4 Å². The minimum absolute atomic E-state index is 0.101. The van der Waals surface area contributed by atoms with Crippen LogP contribution in [0.1, 0.15) is 21.9 Å². The van der Waals surface area contributed by atoms with Gasteiger partial charge in [-0.05, 0) is 25.4 Å². The summed E-state index contributed by atoms with van der Waals surface area (Å²) in [7, 11) is 0. The maximum Gasteiger partial charge on any atom is 0.270 e. The summed E-state index contributed by atoms with van der Waals surface area (Å²) in [4.78, 5) is 20.6. The fourth-order valence-electron chi connectivity index (χ4n) is 1.47. The lowest BCUT2D eigenvalue weighted by atomic mass is 10.4. The molecular weight excluding hydrogens is 298 g/mol. The van der Waals surface area contributed by atoms with Crippen molar-refractivity contribution in [1.29, 1.82) is 0 Å². The number of thioether (sulfide) groups is 1. The molecule has 0 spiro atoms. The Morgan fingerprint density at radius 2 is 2.21 bits per heavy atom. The number of aromatic nitrogens is 2. The number of aryl methyl sites for hydroxylation is 1. The minimum atomic E-state index is -0.101. The predicted molar refractivity (Wildman–Crippen MR) is 83.3 cm³/mol. The number of rotatable bonds is 6. The molecule has 0 aliphatic rings. The molecule has 2 heterocycles. The van der Waals surface area contributed by atoms with Crippen molar-refractivity contribution in [3.05, 3.63) is 21.5 Å². The number of carbonyl (C=O) groups excluding carboxylic acids is 1. The van der Waals surface area contributed by atoms with Crippen molar-refractivity contribution >= 4 is 40.3 Å². The Morgan fingerprint density at radius 1 is 1.37 bits per heavy atom. The molecule has 0 atom stereocenters. The van der Waals surface area contributed by atoms with Crippen molar-refractivity contribution < 1.29 is 4.79 Å². The Labute approximate surface area is 124 Å². The SMILES string of the molecule is CSCCCNC(=O)c1csc(-c2csc(C)n2)n1. The average Bonchev–Trinajstić information content (AvgIpc) is 3.02. The third-order valence-electron chi connectivity index (χ3n) is 2.39. The van der Waals surface area contributed by atoms with Crippen molar-refractivity contribution in [3.8, 4) is 10.7 Å². The van der Waals surface area contributed by atoms with Crippen LogP contribution in [0, 0.1) is 6.92 Å². The second-order valence-corrected chi connectivity index (χ2v) is 6.80. The standard InChI is InChI=1S/C12H15N3OS3/c1-8-14-10(7-18-8)12-15-9(6-19-12)11(16)13-4-3-5-17-2/h6-7H,3-5H2,1-2H3,(H,13,16). The number of nitrogens with zero attached hydrogens (tertiary/aromatic N) is 2. The van der Waals surface area contributed by atoms with E-state index in [2.05, 4.69) is 21.5 Å². The summed E-state index contributed by atoms with van der Waals surface area (Å²) in [6, 6.07) is 0. The van der Waals surface area contributed by atoms with Gasteiger partial charge >= 0.3 is 0 Å². The summed E-state index contributed by atoms with van der Waals surface area (Å²) in [5, 5.41) is 8.44. The lowest BCUT2D eigenvalue weighted by Crippen LogP contribution is -2.25. The van der Waals surface area contributed by atoms with Gasteiger partial charge in [0.2, 0.25) is 0 Å². The molecule has 0 radical (unpaired) electrons. The van der Waals surface area contributed by atoms with Gasteiger partial charge in [0.05, 0.1) is 5.01 Å². The van der Waals surface area contributed by atoms with E-state index >= 15 is 0 Å². The molecule has 0 unspecified atom stereocenters. The molecule has 2 aromatic heterocycles. The zero-order valence-corrected chi connectivity index (χ0v) is 13.3. The van der Waals surface area contributed by atoms with Gasteiger partial charge in [0.25, 0.3) is 5.91 Å². The van der Waals surface area contributed by atoms with Crippen molar-refractivity contribution in [2.45, 2.75) is 13.3 Å². The number of thiazole rings is 2. The lowest BCUT2D eigenvalue weighted by Gasteiger charge is -2.01. The number of hydrogen-bond acceptors (Lipinski definition) is 6. The maximum absolute atomic E-state index is 11.9. The molecule has 102 valence electrons. The molecule has 19 heavy (non-hydrogen) atoms. The molecule has 1 N–H and O–H groups in total. The van der Waals surface area contributed by atoms with Gasteiger partial charge in [-0.25, -0.2) is 9.97 Å².